The lowest BCUT2D eigenvalue weighted by molar-refractivity contribution is 0.244. The molecule has 0 aliphatic heterocycles. The lowest BCUT2D eigenvalue weighted by atomic mass is 9.82. The van der Waals surface area contributed by atoms with E-state index in [-0.39, 0.29) is 0 Å². The fourth-order valence-corrected chi connectivity index (χ4v) is 3.45. The van der Waals surface area contributed by atoms with E-state index in [2.05, 4.69) is 29.2 Å². The smallest absolute Gasteiger partial charge is 0.0918 e. The second-order valence-electron chi connectivity index (χ2n) is 6.29. The number of nitrogens with zero attached hydrogens (tertiary/aromatic N) is 1. The largest absolute Gasteiger partial charge is 0.388 e. The molecular weight excluding hydrogens is 246 g/mol. The number of fused-ring (bicyclic) bond motifs is 1. The summed E-state index contributed by atoms with van der Waals surface area (Å²) in [4.78, 5) is 2.58. The van der Waals surface area contributed by atoms with Crippen molar-refractivity contribution in [2.45, 2.75) is 50.5 Å². The van der Waals surface area contributed by atoms with Gasteiger partial charge in [-0.25, -0.2) is 0 Å². The fraction of sp³-hybridized carbons (Fsp3) is 0.588. The van der Waals surface area contributed by atoms with E-state index in [1.807, 2.05) is 0 Å². The third-order valence-corrected chi connectivity index (χ3v) is 4.68. The SMILES string of the molecule is N=C(N)CCN(CC1CCCc2ccccc21)C1CC1. The maximum atomic E-state index is 7.44. The summed E-state index contributed by atoms with van der Waals surface area (Å²) < 4.78 is 0. The molecule has 1 atom stereocenters. The standard InChI is InChI=1S/C17H25N3/c18-17(19)10-11-20(15-8-9-15)12-14-6-3-5-13-4-1-2-7-16(13)14/h1-2,4,7,14-15H,3,5-6,8-12H2,(H3,18,19). The van der Waals surface area contributed by atoms with Gasteiger partial charge in [0.2, 0.25) is 0 Å². The number of aryl methyl sites for hydroxylation is 1. The second-order valence-corrected chi connectivity index (χ2v) is 6.29. The Morgan fingerprint density at radius 3 is 2.80 bits per heavy atom. The molecule has 1 aromatic carbocycles. The van der Waals surface area contributed by atoms with E-state index >= 15 is 0 Å². The Morgan fingerprint density at radius 1 is 1.25 bits per heavy atom. The molecule has 108 valence electrons. The molecule has 1 unspecified atom stereocenters. The van der Waals surface area contributed by atoms with Gasteiger partial charge in [-0.2, -0.15) is 0 Å². The lowest BCUT2D eigenvalue weighted by Crippen LogP contribution is -2.34. The molecule has 0 amide bonds. The molecule has 0 spiro atoms. The highest BCUT2D eigenvalue weighted by atomic mass is 15.2. The van der Waals surface area contributed by atoms with Gasteiger partial charge in [0.1, 0.15) is 0 Å². The molecule has 0 radical (unpaired) electrons. The minimum absolute atomic E-state index is 0.319. The van der Waals surface area contributed by atoms with Crippen LogP contribution in [0.15, 0.2) is 24.3 Å². The summed E-state index contributed by atoms with van der Waals surface area (Å²) >= 11 is 0. The molecule has 3 rings (SSSR count). The van der Waals surface area contributed by atoms with Crippen molar-refractivity contribution in [2.24, 2.45) is 5.73 Å². The molecule has 3 nitrogen and oxygen atoms in total. The van der Waals surface area contributed by atoms with Crippen molar-refractivity contribution in [3.63, 3.8) is 0 Å². The minimum atomic E-state index is 0.319. The third kappa shape index (κ3) is 3.21. The van der Waals surface area contributed by atoms with Crippen LogP contribution in [0, 0.1) is 5.41 Å². The molecule has 1 fully saturated rings. The number of rotatable bonds is 6. The molecule has 3 N–H and O–H groups in total. The highest BCUT2D eigenvalue weighted by Crippen LogP contribution is 2.35. The van der Waals surface area contributed by atoms with E-state index in [0.717, 1.165) is 19.1 Å². The van der Waals surface area contributed by atoms with Gasteiger partial charge in [-0.05, 0) is 49.1 Å². The average Bonchev–Trinajstić information content (AvgIpc) is 3.28. The van der Waals surface area contributed by atoms with Crippen LogP contribution in [0.5, 0.6) is 0 Å². The Hall–Kier alpha value is -1.35. The van der Waals surface area contributed by atoms with Crippen LogP contribution >= 0.6 is 0 Å². The number of nitrogens with one attached hydrogen (secondary N) is 1. The van der Waals surface area contributed by atoms with Gasteiger partial charge < -0.3 is 5.73 Å². The maximum Gasteiger partial charge on any atom is 0.0918 e. The van der Waals surface area contributed by atoms with Crippen molar-refractivity contribution in [3.05, 3.63) is 35.4 Å². The zero-order valence-corrected chi connectivity index (χ0v) is 12.1. The molecule has 0 heterocycles. The molecular formula is C17H25N3. The summed E-state index contributed by atoms with van der Waals surface area (Å²) in [5, 5.41) is 7.44. The minimum Gasteiger partial charge on any atom is -0.388 e. The van der Waals surface area contributed by atoms with Crippen molar-refractivity contribution in [2.75, 3.05) is 13.1 Å². The van der Waals surface area contributed by atoms with Crippen LogP contribution in [0.25, 0.3) is 0 Å². The van der Waals surface area contributed by atoms with Crippen LogP contribution in [-0.4, -0.2) is 29.9 Å². The van der Waals surface area contributed by atoms with Gasteiger partial charge in [0.05, 0.1) is 5.84 Å². The summed E-state index contributed by atoms with van der Waals surface area (Å²) in [7, 11) is 0. The van der Waals surface area contributed by atoms with Crippen LogP contribution in [0.2, 0.25) is 0 Å². The highest BCUT2D eigenvalue weighted by Gasteiger charge is 2.31. The van der Waals surface area contributed by atoms with E-state index in [9.17, 15) is 0 Å². The predicted octanol–water partition coefficient (Wildman–Crippen LogP) is 2.90. The number of benzene rings is 1. The Morgan fingerprint density at radius 2 is 2.05 bits per heavy atom. The van der Waals surface area contributed by atoms with Gasteiger partial charge in [-0.3, -0.25) is 10.3 Å². The van der Waals surface area contributed by atoms with Crippen molar-refractivity contribution in [1.82, 2.24) is 4.90 Å². The monoisotopic (exact) mass is 271 g/mol. The van der Waals surface area contributed by atoms with Gasteiger partial charge in [0, 0.05) is 25.6 Å². The van der Waals surface area contributed by atoms with Gasteiger partial charge in [0.15, 0.2) is 0 Å². The normalized spacial score (nSPS) is 21.8. The summed E-state index contributed by atoms with van der Waals surface area (Å²) in [6.07, 6.45) is 7.22. The van der Waals surface area contributed by atoms with Gasteiger partial charge >= 0.3 is 0 Å². The van der Waals surface area contributed by atoms with Crippen LogP contribution in [0.3, 0.4) is 0 Å². The first-order valence-electron chi connectivity index (χ1n) is 7.89. The molecule has 20 heavy (non-hydrogen) atoms. The van der Waals surface area contributed by atoms with Gasteiger partial charge in [0.25, 0.3) is 0 Å². The van der Waals surface area contributed by atoms with Crippen LogP contribution in [-0.2, 0) is 6.42 Å². The van der Waals surface area contributed by atoms with E-state index in [1.165, 1.54) is 32.1 Å². The Bertz CT molecular complexity index is 479. The Labute approximate surface area is 121 Å². The first-order valence-corrected chi connectivity index (χ1v) is 7.89. The fourth-order valence-electron chi connectivity index (χ4n) is 3.45. The van der Waals surface area contributed by atoms with Gasteiger partial charge in [-0.15, -0.1) is 0 Å². The summed E-state index contributed by atoms with van der Waals surface area (Å²) in [6, 6.07) is 9.70. The van der Waals surface area contributed by atoms with Crippen molar-refractivity contribution < 1.29 is 0 Å². The summed E-state index contributed by atoms with van der Waals surface area (Å²) in [6.45, 7) is 2.10. The molecule has 2 aliphatic rings. The summed E-state index contributed by atoms with van der Waals surface area (Å²) in [5.41, 5.74) is 8.64. The second kappa shape index (κ2) is 5.96. The van der Waals surface area contributed by atoms with Crippen molar-refractivity contribution >= 4 is 5.84 Å². The Balaban J connectivity index is 1.68. The van der Waals surface area contributed by atoms with Crippen molar-refractivity contribution in [3.8, 4) is 0 Å². The number of hydrogen-bond donors (Lipinski definition) is 2. The van der Waals surface area contributed by atoms with E-state index in [0.29, 0.717) is 18.2 Å². The molecule has 0 saturated heterocycles. The quantitative estimate of drug-likeness (QED) is 0.617. The number of nitrogens with two attached hydrogens (primary N) is 1. The first kappa shape index (κ1) is 13.6. The number of hydrogen-bond acceptors (Lipinski definition) is 2. The Kier molecular flexibility index (Phi) is 4.06. The topological polar surface area (TPSA) is 53.1 Å². The van der Waals surface area contributed by atoms with Crippen LogP contribution in [0.4, 0.5) is 0 Å². The molecule has 1 saturated carbocycles. The van der Waals surface area contributed by atoms with Crippen molar-refractivity contribution in [1.29, 1.82) is 5.41 Å². The molecule has 0 aromatic heterocycles. The van der Waals surface area contributed by atoms with Gasteiger partial charge in [-0.1, -0.05) is 24.3 Å². The zero-order valence-electron chi connectivity index (χ0n) is 12.1. The first-order chi connectivity index (χ1) is 9.74. The lowest BCUT2D eigenvalue weighted by Gasteiger charge is -2.31. The van der Waals surface area contributed by atoms with E-state index in [4.69, 9.17) is 11.1 Å². The van der Waals surface area contributed by atoms with Crippen LogP contribution in [0.1, 0.15) is 49.1 Å². The molecule has 1 aromatic rings. The molecule has 3 heteroatoms. The summed E-state index contributed by atoms with van der Waals surface area (Å²) in [5.74, 6) is 0.993. The zero-order chi connectivity index (χ0) is 13.9. The highest BCUT2D eigenvalue weighted by molar-refractivity contribution is 5.76. The molecule has 2 aliphatic carbocycles. The predicted molar refractivity (Wildman–Crippen MR) is 83.2 cm³/mol. The van der Waals surface area contributed by atoms with Crippen LogP contribution < -0.4 is 5.73 Å². The van der Waals surface area contributed by atoms with E-state index < -0.39 is 0 Å². The number of amidine groups is 1. The molecule has 0 bridgehead atoms. The third-order valence-electron chi connectivity index (χ3n) is 4.68. The maximum absolute atomic E-state index is 7.44. The van der Waals surface area contributed by atoms with E-state index in [1.54, 1.807) is 11.1 Å². The average molecular weight is 271 g/mol.